The standard InChI is InChI=1S/C20H14BrClN2OS/c21-14-9-7-13(8-10-14)17-12-18(15-4-1-2-5-16(15)22)24(23-17)20(25)19-6-3-11-26-19/h1-11,18H,12H2/t18-/m1/s1. The molecule has 6 heteroatoms. The molecule has 1 aliphatic heterocycles. The van der Waals surface area contributed by atoms with E-state index in [0.29, 0.717) is 16.3 Å². The first kappa shape index (κ1) is 17.5. The normalized spacial score (nSPS) is 16.6. The lowest BCUT2D eigenvalue weighted by Gasteiger charge is -2.22. The van der Waals surface area contributed by atoms with Gasteiger partial charge in [0, 0.05) is 15.9 Å². The number of thiophene rings is 1. The zero-order valence-electron chi connectivity index (χ0n) is 13.6. The fourth-order valence-electron chi connectivity index (χ4n) is 3.02. The number of carbonyl (C=O) groups excluding carboxylic acids is 1. The summed E-state index contributed by atoms with van der Waals surface area (Å²) in [6.07, 6.45) is 0.627. The molecule has 1 amide bonds. The molecule has 1 aromatic heterocycles. The number of amides is 1. The molecular formula is C20H14BrClN2OS. The molecule has 0 bridgehead atoms. The molecule has 3 nitrogen and oxygen atoms in total. The van der Waals surface area contributed by atoms with Crippen LogP contribution in [0.3, 0.4) is 0 Å². The fraction of sp³-hybridized carbons (Fsp3) is 0.100. The molecule has 1 atom stereocenters. The van der Waals surface area contributed by atoms with Gasteiger partial charge in [-0.2, -0.15) is 5.10 Å². The van der Waals surface area contributed by atoms with E-state index in [-0.39, 0.29) is 11.9 Å². The second kappa shape index (κ2) is 7.35. The van der Waals surface area contributed by atoms with Gasteiger partial charge in [0.05, 0.1) is 16.6 Å². The van der Waals surface area contributed by atoms with E-state index in [9.17, 15) is 4.79 Å². The minimum atomic E-state index is -0.211. The highest BCUT2D eigenvalue weighted by Crippen LogP contribution is 2.37. The molecule has 0 spiro atoms. The fourth-order valence-corrected chi connectivity index (χ4v) is 4.20. The van der Waals surface area contributed by atoms with Crippen molar-refractivity contribution in [1.82, 2.24) is 5.01 Å². The summed E-state index contributed by atoms with van der Waals surface area (Å²) in [6.45, 7) is 0. The van der Waals surface area contributed by atoms with Crippen LogP contribution in [0.4, 0.5) is 0 Å². The lowest BCUT2D eigenvalue weighted by Crippen LogP contribution is -2.26. The molecule has 2 aromatic carbocycles. The van der Waals surface area contributed by atoms with E-state index < -0.39 is 0 Å². The van der Waals surface area contributed by atoms with Gasteiger partial charge in [0.15, 0.2) is 0 Å². The average Bonchev–Trinajstić information content (AvgIpc) is 3.32. The van der Waals surface area contributed by atoms with Crippen LogP contribution in [0.1, 0.15) is 33.3 Å². The molecule has 26 heavy (non-hydrogen) atoms. The molecule has 0 saturated heterocycles. The Morgan fingerprint density at radius 1 is 1.12 bits per heavy atom. The Morgan fingerprint density at radius 3 is 2.58 bits per heavy atom. The number of rotatable bonds is 3. The van der Waals surface area contributed by atoms with Crippen molar-refractivity contribution in [1.29, 1.82) is 0 Å². The minimum absolute atomic E-state index is 0.1000. The zero-order valence-corrected chi connectivity index (χ0v) is 16.8. The highest BCUT2D eigenvalue weighted by Gasteiger charge is 2.35. The van der Waals surface area contributed by atoms with Gasteiger partial charge < -0.3 is 0 Å². The summed E-state index contributed by atoms with van der Waals surface area (Å²) in [5.74, 6) is -0.1000. The van der Waals surface area contributed by atoms with Gasteiger partial charge >= 0.3 is 0 Å². The zero-order chi connectivity index (χ0) is 18.1. The van der Waals surface area contributed by atoms with Gasteiger partial charge in [-0.3, -0.25) is 4.79 Å². The van der Waals surface area contributed by atoms with Crippen molar-refractivity contribution in [2.45, 2.75) is 12.5 Å². The summed E-state index contributed by atoms with van der Waals surface area (Å²) < 4.78 is 1.01. The van der Waals surface area contributed by atoms with Crippen LogP contribution in [0.2, 0.25) is 5.02 Å². The van der Waals surface area contributed by atoms with Crippen molar-refractivity contribution in [3.05, 3.63) is 91.5 Å². The summed E-state index contributed by atoms with van der Waals surface area (Å²) >= 11 is 11.3. The Labute approximate surface area is 169 Å². The molecule has 1 aliphatic rings. The Morgan fingerprint density at radius 2 is 1.88 bits per heavy atom. The molecule has 0 saturated carbocycles. The Balaban J connectivity index is 1.75. The molecule has 0 N–H and O–H groups in total. The van der Waals surface area contributed by atoms with E-state index in [4.69, 9.17) is 11.6 Å². The number of carbonyl (C=O) groups is 1. The Bertz CT molecular complexity index is 970. The first-order valence-corrected chi connectivity index (χ1v) is 10.1. The number of nitrogens with zero attached hydrogens (tertiary/aromatic N) is 2. The number of benzene rings is 2. The summed E-state index contributed by atoms with van der Waals surface area (Å²) in [5.41, 5.74) is 2.80. The Kier molecular flexibility index (Phi) is 4.94. The van der Waals surface area contributed by atoms with Crippen LogP contribution < -0.4 is 0 Å². The van der Waals surface area contributed by atoms with Crippen LogP contribution in [0, 0.1) is 0 Å². The van der Waals surface area contributed by atoms with Crippen LogP contribution in [0.5, 0.6) is 0 Å². The molecule has 3 aromatic rings. The maximum Gasteiger partial charge on any atom is 0.284 e. The smallest absolute Gasteiger partial charge is 0.266 e. The molecule has 0 aliphatic carbocycles. The van der Waals surface area contributed by atoms with Crippen molar-refractivity contribution in [3.63, 3.8) is 0 Å². The second-order valence-corrected chi connectivity index (χ2v) is 8.19. The van der Waals surface area contributed by atoms with E-state index in [1.54, 1.807) is 5.01 Å². The summed E-state index contributed by atoms with van der Waals surface area (Å²) in [4.78, 5) is 13.7. The third-order valence-corrected chi connectivity index (χ3v) is 6.02. The molecule has 0 radical (unpaired) electrons. The van der Waals surface area contributed by atoms with Crippen LogP contribution in [0.15, 0.2) is 75.6 Å². The summed E-state index contributed by atoms with van der Waals surface area (Å²) in [6, 6.07) is 19.1. The van der Waals surface area contributed by atoms with Crippen molar-refractivity contribution < 1.29 is 4.79 Å². The van der Waals surface area contributed by atoms with Crippen molar-refractivity contribution in [3.8, 4) is 0 Å². The summed E-state index contributed by atoms with van der Waals surface area (Å²) in [7, 11) is 0. The topological polar surface area (TPSA) is 32.7 Å². The quantitative estimate of drug-likeness (QED) is 0.475. The Hall–Kier alpha value is -1.95. The molecule has 130 valence electrons. The van der Waals surface area contributed by atoms with Crippen LogP contribution in [-0.4, -0.2) is 16.6 Å². The monoisotopic (exact) mass is 444 g/mol. The maximum absolute atomic E-state index is 13.0. The van der Waals surface area contributed by atoms with Gasteiger partial charge in [-0.05, 0) is 40.8 Å². The maximum atomic E-state index is 13.0. The van der Waals surface area contributed by atoms with Gasteiger partial charge in [0.25, 0.3) is 5.91 Å². The van der Waals surface area contributed by atoms with Crippen LogP contribution in [0.25, 0.3) is 0 Å². The average molecular weight is 446 g/mol. The van der Waals surface area contributed by atoms with Crippen LogP contribution >= 0.6 is 38.9 Å². The molecule has 0 fully saturated rings. The van der Waals surface area contributed by atoms with Crippen LogP contribution in [-0.2, 0) is 0 Å². The van der Waals surface area contributed by atoms with Gasteiger partial charge in [-0.25, -0.2) is 5.01 Å². The van der Waals surface area contributed by atoms with E-state index in [1.165, 1.54) is 11.3 Å². The second-order valence-electron chi connectivity index (χ2n) is 5.92. The van der Waals surface area contributed by atoms with E-state index in [2.05, 4.69) is 21.0 Å². The molecular weight excluding hydrogens is 432 g/mol. The predicted octanol–water partition coefficient (Wildman–Crippen LogP) is 6.16. The first-order chi connectivity index (χ1) is 12.6. The first-order valence-electron chi connectivity index (χ1n) is 8.08. The highest BCUT2D eigenvalue weighted by atomic mass is 79.9. The van der Waals surface area contributed by atoms with E-state index >= 15 is 0 Å². The van der Waals surface area contributed by atoms with Crippen molar-refractivity contribution >= 4 is 50.5 Å². The number of hydrazone groups is 1. The van der Waals surface area contributed by atoms with E-state index in [0.717, 1.165) is 21.3 Å². The minimum Gasteiger partial charge on any atom is -0.266 e. The molecule has 2 heterocycles. The van der Waals surface area contributed by atoms with Gasteiger partial charge in [-0.15, -0.1) is 11.3 Å². The van der Waals surface area contributed by atoms with Gasteiger partial charge in [-0.1, -0.05) is 63.9 Å². The predicted molar refractivity (Wildman–Crippen MR) is 110 cm³/mol. The molecule has 0 unspecified atom stereocenters. The largest absolute Gasteiger partial charge is 0.284 e. The lowest BCUT2D eigenvalue weighted by atomic mass is 9.98. The lowest BCUT2D eigenvalue weighted by molar-refractivity contribution is 0.0716. The van der Waals surface area contributed by atoms with Gasteiger partial charge in [0.1, 0.15) is 0 Å². The van der Waals surface area contributed by atoms with Gasteiger partial charge in [0.2, 0.25) is 0 Å². The highest BCUT2D eigenvalue weighted by molar-refractivity contribution is 9.10. The SMILES string of the molecule is O=C(c1cccs1)N1N=C(c2ccc(Br)cc2)C[C@@H]1c1ccccc1Cl. The number of hydrogen-bond acceptors (Lipinski definition) is 3. The van der Waals surface area contributed by atoms with Crippen molar-refractivity contribution in [2.24, 2.45) is 5.10 Å². The van der Waals surface area contributed by atoms with Crippen molar-refractivity contribution in [2.75, 3.05) is 0 Å². The number of hydrogen-bond donors (Lipinski definition) is 0. The van der Waals surface area contributed by atoms with E-state index in [1.807, 2.05) is 66.0 Å². The third kappa shape index (κ3) is 3.34. The molecule has 4 rings (SSSR count). The summed E-state index contributed by atoms with van der Waals surface area (Å²) in [5, 5.41) is 8.79. The third-order valence-electron chi connectivity index (χ3n) is 4.29. The number of halogens is 2.